The second-order valence-electron chi connectivity index (χ2n) is 2.42. The van der Waals surface area contributed by atoms with E-state index in [4.69, 9.17) is 0 Å². The van der Waals surface area contributed by atoms with E-state index in [0.29, 0.717) is 11.5 Å². The fourth-order valence-electron chi connectivity index (χ4n) is 0.870. The number of carbonyl (C=O) groups excluding carboxylic acids is 1. The third-order valence-corrected chi connectivity index (χ3v) is 2.07. The van der Waals surface area contributed by atoms with Crippen LogP contribution in [0.2, 0.25) is 0 Å². The van der Waals surface area contributed by atoms with Crippen LogP contribution in [0.3, 0.4) is 0 Å². The molecule has 0 radical (unpaired) electrons. The SMILES string of the molecule is O=C(Nc1ccncn1)c1cscn1. The fourth-order valence-corrected chi connectivity index (χ4v) is 1.40. The Balaban J connectivity index is 2.10. The number of amides is 1. The molecule has 0 aromatic carbocycles. The topological polar surface area (TPSA) is 67.8 Å². The first kappa shape index (κ1) is 8.76. The molecule has 0 unspecified atom stereocenters. The third kappa shape index (κ3) is 1.91. The number of thiazole rings is 1. The summed E-state index contributed by atoms with van der Waals surface area (Å²) in [5.41, 5.74) is 2.00. The second-order valence-corrected chi connectivity index (χ2v) is 3.14. The van der Waals surface area contributed by atoms with E-state index in [0.717, 1.165) is 0 Å². The van der Waals surface area contributed by atoms with Gasteiger partial charge in [-0.1, -0.05) is 0 Å². The molecule has 2 heterocycles. The van der Waals surface area contributed by atoms with E-state index in [1.165, 1.54) is 17.7 Å². The molecule has 0 bridgehead atoms. The van der Waals surface area contributed by atoms with Crippen molar-refractivity contribution in [2.24, 2.45) is 0 Å². The predicted molar refractivity (Wildman–Crippen MR) is 52.1 cm³/mol. The van der Waals surface area contributed by atoms with Gasteiger partial charge in [0, 0.05) is 11.6 Å². The van der Waals surface area contributed by atoms with Gasteiger partial charge in [0.05, 0.1) is 5.51 Å². The first-order valence-electron chi connectivity index (χ1n) is 3.82. The highest BCUT2D eigenvalue weighted by atomic mass is 32.1. The van der Waals surface area contributed by atoms with Crippen LogP contribution in [0.15, 0.2) is 29.5 Å². The lowest BCUT2D eigenvalue weighted by Gasteiger charge is -1.99. The van der Waals surface area contributed by atoms with E-state index in [-0.39, 0.29) is 5.91 Å². The van der Waals surface area contributed by atoms with Gasteiger partial charge in [-0.3, -0.25) is 4.79 Å². The van der Waals surface area contributed by atoms with Crippen molar-refractivity contribution in [2.45, 2.75) is 0 Å². The summed E-state index contributed by atoms with van der Waals surface area (Å²) in [6.45, 7) is 0. The molecule has 6 heteroatoms. The van der Waals surface area contributed by atoms with Gasteiger partial charge >= 0.3 is 0 Å². The zero-order chi connectivity index (χ0) is 9.80. The molecule has 0 atom stereocenters. The molecular weight excluding hydrogens is 200 g/mol. The van der Waals surface area contributed by atoms with Crippen molar-refractivity contribution in [3.05, 3.63) is 35.2 Å². The number of nitrogens with zero attached hydrogens (tertiary/aromatic N) is 3. The molecule has 2 aromatic heterocycles. The summed E-state index contributed by atoms with van der Waals surface area (Å²) < 4.78 is 0. The van der Waals surface area contributed by atoms with Crippen molar-refractivity contribution in [2.75, 3.05) is 5.32 Å². The zero-order valence-electron chi connectivity index (χ0n) is 7.04. The van der Waals surface area contributed by atoms with Crippen molar-refractivity contribution in [3.63, 3.8) is 0 Å². The first-order valence-corrected chi connectivity index (χ1v) is 4.76. The van der Waals surface area contributed by atoms with Gasteiger partial charge in [-0.2, -0.15) is 0 Å². The molecular formula is C8H6N4OS. The number of aromatic nitrogens is 3. The highest BCUT2D eigenvalue weighted by Gasteiger charge is 2.07. The molecule has 0 saturated carbocycles. The summed E-state index contributed by atoms with van der Waals surface area (Å²) >= 11 is 1.37. The molecule has 0 spiro atoms. The van der Waals surface area contributed by atoms with Gasteiger partial charge in [-0.25, -0.2) is 15.0 Å². The molecule has 70 valence electrons. The van der Waals surface area contributed by atoms with Gasteiger partial charge in [0.15, 0.2) is 0 Å². The Morgan fingerprint density at radius 1 is 1.43 bits per heavy atom. The maximum atomic E-state index is 11.4. The third-order valence-electron chi connectivity index (χ3n) is 1.49. The molecule has 2 aromatic rings. The fraction of sp³-hybridized carbons (Fsp3) is 0. The lowest BCUT2D eigenvalue weighted by molar-refractivity contribution is 0.102. The Bertz CT molecular complexity index is 414. The average molecular weight is 206 g/mol. The van der Waals surface area contributed by atoms with Crippen LogP contribution in [0.4, 0.5) is 5.82 Å². The lowest BCUT2D eigenvalue weighted by Crippen LogP contribution is -2.13. The van der Waals surface area contributed by atoms with Crippen molar-refractivity contribution in [1.82, 2.24) is 15.0 Å². The van der Waals surface area contributed by atoms with E-state index in [1.54, 1.807) is 23.2 Å². The largest absolute Gasteiger partial charge is 0.305 e. The molecule has 1 amide bonds. The van der Waals surface area contributed by atoms with Gasteiger partial charge in [0.1, 0.15) is 17.8 Å². The molecule has 0 aliphatic rings. The van der Waals surface area contributed by atoms with Crippen LogP contribution >= 0.6 is 11.3 Å². The Hall–Kier alpha value is -1.82. The van der Waals surface area contributed by atoms with E-state index >= 15 is 0 Å². The molecule has 0 fully saturated rings. The van der Waals surface area contributed by atoms with Crippen LogP contribution in [-0.2, 0) is 0 Å². The summed E-state index contributed by atoms with van der Waals surface area (Å²) in [6.07, 6.45) is 2.93. The van der Waals surface area contributed by atoms with Crippen molar-refractivity contribution in [3.8, 4) is 0 Å². The van der Waals surface area contributed by atoms with Crippen LogP contribution in [-0.4, -0.2) is 20.9 Å². The standard InChI is InChI=1S/C8H6N4OS/c13-8(6-3-14-5-11-6)12-7-1-2-9-4-10-7/h1-5H,(H,9,10,12,13). The minimum absolute atomic E-state index is 0.259. The Morgan fingerprint density at radius 3 is 3.00 bits per heavy atom. The van der Waals surface area contributed by atoms with E-state index in [9.17, 15) is 4.79 Å². The van der Waals surface area contributed by atoms with Crippen LogP contribution in [0.1, 0.15) is 10.5 Å². The minimum Gasteiger partial charge on any atom is -0.305 e. The van der Waals surface area contributed by atoms with Crippen LogP contribution in [0.25, 0.3) is 0 Å². The quantitative estimate of drug-likeness (QED) is 0.801. The molecule has 0 aliphatic heterocycles. The maximum absolute atomic E-state index is 11.4. The predicted octanol–water partition coefficient (Wildman–Crippen LogP) is 1.19. The molecule has 14 heavy (non-hydrogen) atoms. The Labute approximate surface area is 83.9 Å². The van der Waals surface area contributed by atoms with E-state index in [1.807, 2.05) is 0 Å². The Kier molecular flexibility index (Phi) is 2.46. The highest BCUT2D eigenvalue weighted by molar-refractivity contribution is 7.07. The van der Waals surface area contributed by atoms with E-state index < -0.39 is 0 Å². The number of rotatable bonds is 2. The van der Waals surface area contributed by atoms with Crippen LogP contribution in [0, 0.1) is 0 Å². The number of nitrogens with one attached hydrogen (secondary N) is 1. The minimum atomic E-state index is -0.259. The van der Waals surface area contributed by atoms with Crippen LogP contribution in [0.5, 0.6) is 0 Å². The highest BCUT2D eigenvalue weighted by Crippen LogP contribution is 2.05. The van der Waals surface area contributed by atoms with Crippen molar-refractivity contribution < 1.29 is 4.79 Å². The van der Waals surface area contributed by atoms with Crippen LogP contribution < -0.4 is 5.32 Å². The lowest BCUT2D eigenvalue weighted by atomic mass is 10.4. The number of hydrogen-bond donors (Lipinski definition) is 1. The molecule has 1 N–H and O–H groups in total. The van der Waals surface area contributed by atoms with E-state index in [2.05, 4.69) is 20.3 Å². The smallest absolute Gasteiger partial charge is 0.276 e. The first-order chi connectivity index (χ1) is 6.86. The summed E-state index contributed by atoms with van der Waals surface area (Å²) in [7, 11) is 0. The van der Waals surface area contributed by atoms with Gasteiger partial charge in [0.2, 0.25) is 0 Å². The normalized spacial score (nSPS) is 9.71. The molecule has 0 saturated heterocycles. The zero-order valence-corrected chi connectivity index (χ0v) is 7.86. The summed E-state index contributed by atoms with van der Waals surface area (Å²) in [4.78, 5) is 22.9. The summed E-state index contributed by atoms with van der Waals surface area (Å²) in [5.74, 6) is 0.211. The monoisotopic (exact) mass is 206 g/mol. The number of carbonyl (C=O) groups is 1. The average Bonchev–Trinajstić information content (AvgIpc) is 2.72. The molecule has 5 nitrogen and oxygen atoms in total. The van der Waals surface area contributed by atoms with Crippen molar-refractivity contribution >= 4 is 23.1 Å². The molecule has 0 aliphatic carbocycles. The van der Waals surface area contributed by atoms with Crippen molar-refractivity contribution in [1.29, 1.82) is 0 Å². The van der Waals surface area contributed by atoms with Gasteiger partial charge in [-0.15, -0.1) is 11.3 Å². The maximum Gasteiger partial charge on any atom is 0.276 e. The Morgan fingerprint density at radius 2 is 2.36 bits per heavy atom. The molecule has 2 rings (SSSR count). The second kappa shape index (κ2) is 3.93. The van der Waals surface area contributed by atoms with Gasteiger partial charge < -0.3 is 5.32 Å². The number of hydrogen-bond acceptors (Lipinski definition) is 5. The summed E-state index contributed by atoms with van der Waals surface area (Å²) in [6, 6.07) is 1.62. The summed E-state index contributed by atoms with van der Waals surface area (Å²) in [5, 5.41) is 4.28. The van der Waals surface area contributed by atoms with Gasteiger partial charge in [0.25, 0.3) is 5.91 Å². The van der Waals surface area contributed by atoms with Gasteiger partial charge in [-0.05, 0) is 6.07 Å². The number of anilines is 1.